The number of sulfonamides is 1. The Morgan fingerprint density at radius 2 is 2.00 bits per heavy atom. The van der Waals surface area contributed by atoms with Gasteiger partial charge in [-0.3, -0.25) is 0 Å². The van der Waals surface area contributed by atoms with E-state index in [0.717, 1.165) is 24.9 Å². The third-order valence-corrected chi connectivity index (χ3v) is 6.19. The van der Waals surface area contributed by atoms with Crippen LogP contribution in [0.25, 0.3) is 0 Å². The lowest BCUT2D eigenvalue weighted by atomic mass is 10.1. The van der Waals surface area contributed by atoms with Crippen LogP contribution in [0.5, 0.6) is 5.75 Å². The first kappa shape index (κ1) is 16.3. The van der Waals surface area contributed by atoms with Gasteiger partial charge in [0.2, 0.25) is 10.0 Å². The minimum atomic E-state index is -3.48. The molecule has 2 rings (SSSR count). The molecule has 1 unspecified atom stereocenters. The molecule has 0 saturated carbocycles. The van der Waals surface area contributed by atoms with Crippen LogP contribution in [0.4, 0.5) is 0 Å². The first-order chi connectivity index (χ1) is 9.87. The van der Waals surface area contributed by atoms with E-state index in [2.05, 4.69) is 5.32 Å². The summed E-state index contributed by atoms with van der Waals surface area (Å²) in [6.45, 7) is 5.34. The number of aryl methyl sites for hydroxylation is 2. The molecule has 0 aromatic heterocycles. The van der Waals surface area contributed by atoms with Crippen molar-refractivity contribution in [3.8, 4) is 5.75 Å². The fourth-order valence-corrected chi connectivity index (χ4v) is 4.43. The van der Waals surface area contributed by atoms with Gasteiger partial charge in [-0.2, -0.15) is 4.31 Å². The summed E-state index contributed by atoms with van der Waals surface area (Å²) in [7, 11) is -0.213. The number of likely N-dealkylation sites (N-methyl/N-ethyl adjacent to an activating group) is 1. The molecular formula is C15H24N2O3S. The van der Waals surface area contributed by atoms with Crippen molar-refractivity contribution in [1.82, 2.24) is 9.62 Å². The second-order valence-electron chi connectivity index (χ2n) is 5.61. The zero-order valence-corrected chi connectivity index (χ0v) is 14.0. The molecule has 1 atom stereocenters. The molecule has 0 bridgehead atoms. The Kier molecular flexibility index (Phi) is 4.91. The molecule has 0 aliphatic carbocycles. The number of rotatable bonds is 4. The lowest BCUT2D eigenvalue weighted by Crippen LogP contribution is -2.46. The van der Waals surface area contributed by atoms with Gasteiger partial charge < -0.3 is 10.1 Å². The van der Waals surface area contributed by atoms with Gasteiger partial charge in [0.05, 0.1) is 12.0 Å². The van der Waals surface area contributed by atoms with Gasteiger partial charge in [-0.15, -0.1) is 0 Å². The van der Waals surface area contributed by atoms with Crippen LogP contribution >= 0.6 is 0 Å². The van der Waals surface area contributed by atoms with E-state index in [1.165, 1.54) is 4.31 Å². The summed E-state index contributed by atoms with van der Waals surface area (Å²) in [4.78, 5) is 0.369. The molecular weight excluding hydrogens is 288 g/mol. The van der Waals surface area contributed by atoms with Gasteiger partial charge >= 0.3 is 0 Å². The third-order valence-electron chi connectivity index (χ3n) is 4.13. The maximum Gasteiger partial charge on any atom is 0.243 e. The molecule has 1 fully saturated rings. The van der Waals surface area contributed by atoms with Crippen LogP contribution in [0.2, 0.25) is 0 Å². The van der Waals surface area contributed by atoms with Gasteiger partial charge in [-0.1, -0.05) is 0 Å². The van der Waals surface area contributed by atoms with E-state index >= 15 is 0 Å². The van der Waals surface area contributed by atoms with Gasteiger partial charge in [-0.05, 0) is 56.5 Å². The van der Waals surface area contributed by atoms with E-state index in [4.69, 9.17) is 4.74 Å². The first-order valence-corrected chi connectivity index (χ1v) is 8.66. The Morgan fingerprint density at radius 1 is 1.29 bits per heavy atom. The summed E-state index contributed by atoms with van der Waals surface area (Å²) >= 11 is 0. The molecule has 1 saturated heterocycles. The maximum absolute atomic E-state index is 12.9. The summed E-state index contributed by atoms with van der Waals surface area (Å²) in [5, 5.41) is 3.26. The Morgan fingerprint density at radius 3 is 2.57 bits per heavy atom. The van der Waals surface area contributed by atoms with Crippen molar-refractivity contribution in [2.24, 2.45) is 0 Å². The Balaban J connectivity index is 2.36. The molecule has 1 aromatic rings. The summed E-state index contributed by atoms with van der Waals surface area (Å²) in [6.07, 6.45) is 1.90. The number of nitrogens with one attached hydrogen (secondary N) is 1. The standard InChI is InChI=1S/C15H24N2O3S/c1-11-9-15(12(2)8-14(11)20-4)21(18,19)17(3)13-6-5-7-16-10-13/h8-9,13,16H,5-7,10H2,1-4H3. The second-order valence-corrected chi connectivity index (χ2v) is 7.57. The number of ether oxygens (including phenoxy) is 1. The highest BCUT2D eigenvalue weighted by Gasteiger charge is 2.30. The summed E-state index contributed by atoms with van der Waals surface area (Å²) < 4.78 is 32.5. The number of nitrogens with zero attached hydrogens (tertiary/aromatic N) is 1. The van der Waals surface area contributed by atoms with Gasteiger partial charge in [0.1, 0.15) is 5.75 Å². The summed E-state index contributed by atoms with van der Waals surface area (Å²) in [5.74, 6) is 0.716. The van der Waals surface area contributed by atoms with Crippen LogP contribution in [0.1, 0.15) is 24.0 Å². The fourth-order valence-electron chi connectivity index (χ4n) is 2.76. The Labute approximate surface area is 127 Å². The number of benzene rings is 1. The molecule has 0 spiro atoms. The van der Waals surface area contributed by atoms with Gasteiger partial charge in [-0.25, -0.2) is 8.42 Å². The molecule has 21 heavy (non-hydrogen) atoms. The topological polar surface area (TPSA) is 58.6 Å². The molecule has 0 radical (unpaired) electrons. The largest absolute Gasteiger partial charge is 0.496 e. The first-order valence-electron chi connectivity index (χ1n) is 7.22. The van der Waals surface area contributed by atoms with Gasteiger partial charge in [0.15, 0.2) is 0 Å². The van der Waals surface area contributed by atoms with Gasteiger partial charge in [0.25, 0.3) is 0 Å². The van der Waals surface area contributed by atoms with Crippen LogP contribution < -0.4 is 10.1 Å². The van der Waals surface area contributed by atoms with Crippen LogP contribution in [0, 0.1) is 13.8 Å². The van der Waals surface area contributed by atoms with E-state index < -0.39 is 10.0 Å². The molecule has 6 heteroatoms. The van der Waals surface area contributed by atoms with Crippen molar-refractivity contribution >= 4 is 10.0 Å². The zero-order valence-electron chi connectivity index (χ0n) is 13.1. The summed E-state index contributed by atoms with van der Waals surface area (Å²) in [6, 6.07) is 3.51. The number of piperidine rings is 1. The number of methoxy groups -OCH3 is 1. The molecule has 1 aliphatic rings. The van der Waals surface area contributed by atoms with E-state index in [1.807, 2.05) is 13.8 Å². The van der Waals surface area contributed by atoms with Crippen molar-refractivity contribution < 1.29 is 13.2 Å². The predicted octanol–water partition coefficient (Wildman–Crippen LogP) is 1.68. The van der Waals surface area contributed by atoms with E-state index in [9.17, 15) is 8.42 Å². The zero-order chi connectivity index (χ0) is 15.6. The Bertz CT molecular complexity index is 608. The van der Waals surface area contributed by atoms with E-state index in [-0.39, 0.29) is 6.04 Å². The predicted molar refractivity (Wildman–Crippen MR) is 83.3 cm³/mol. The maximum atomic E-state index is 12.9. The molecule has 0 amide bonds. The monoisotopic (exact) mass is 312 g/mol. The highest BCUT2D eigenvalue weighted by Crippen LogP contribution is 2.28. The molecule has 1 aromatic carbocycles. The molecule has 118 valence electrons. The smallest absolute Gasteiger partial charge is 0.243 e. The average Bonchev–Trinajstić information content (AvgIpc) is 2.49. The normalized spacial score (nSPS) is 19.8. The summed E-state index contributed by atoms with van der Waals surface area (Å²) in [5.41, 5.74) is 1.55. The molecule has 1 N–H and O–H groups in total. The average molecular weight is 312 g/mol. The lowest BCUT2D eigenvalue weighted by molar-refractivity contribution is 0.300. The highest BCUT2D eigenvalue weighted by molar-refractivity contribution is 7.89. The van der Waals surface area contributed by atoms with Crippen molar-refractivity contribution in [2.45, 2.75) is 37.6 Å². The Hall–Kier alpha value is -1.11. The SMILES string of the molecule is COc1cc(C)c(S(=O)(=O)N(C)C2CCCNC2)cc1C. The van der Waals surface area contributed by atoms with Crippen molar-refractivity contribution in [2.75, 3.05) is 27.2 Å². The van der Waals surface area contributed by atoms with Crippen molar-refractivity contribution in [3.63, 3.8) is 0 Å². The molecule has 5 nitrogen and oxygen atoms in total. The minimum absolute atomic E-state index is 0.0190. The molecule has 1 heterocycles. The quantitative estimate of drug-likeness (QED) is 0.919. The van der Waals surface area contributed by atoms with Gasteiger partial charge in [0, 0.05) is 19.6 Å². The minimum Gasteiger partial charge on any atom is -0.496 e. The third kappa shape index (κ3) is 3.22. The fraction of sp³-hybridized carbons (Fsp3) is 0.600. The number of hydrogen-bond donors (Lipinski definition) is 1. The van der Waals surface area contributed by atoms with Crippen LogP contribution in [0.3, 0.4) is 0 Å². The van der Waals surface area contributed by atoms with Crippen LogP contribution in [0.15, 0.2) is 17.0 Å². The molecule has 1 aliphatic heterocycles. The number of hydrogen-bond acceptors (Lipinski definition) is 4. The van der Waals surface area contributed by atoms with Crippen molar-refractivity contribution in [1.29, 1.82) is 0 Å². The second kappa shape index (κ2) is 6.34. The van der Waals surface area contributed by atoms with Crippen LogP contribution in [-0.2, 0) is 10.0 Å². The van der Waals surface area contributed by atoms with Crippen molar-refractivity contribution in [3.05, 3.63) is 23.3 Å². The van der Waals surface area contributed by atoms with E-state index in [1.54, 1.807) is 26.3 Å². The lowest BCUT2D eigenvalue weighted by Gasteiger charge is -2.31. The van der Waals surface area contributed by atoms with E-state index in [0.29, 0.717) is 22.8 Å². The highest BCUT2D eigenvalue weighted by atomic mass is 32.2. The van der Waals surface area contributed by atoms with Crippen LogP contribution in [-0.4, -0.2) is 46.0 Å².